The van der Waals surface area contributed by atoms with Crippen molar-refractivity contribution in [3.63, 3.8) is 0 Å². The highest BCUT2D eigenvalue weighted by molar-refractivity contribution is 6.31. The van der Waals surface area contributed by atoms with Gasteiger partial charge < -0.3 is 44.1 Å². The normalized spacial score (nSPS) is 32.4. The first kappa shape index (κ1) is 33.5. The van der Waals surface area contributed by atoms with E-state index in [4.69, 9.17) is 23.7 Å². The second-order valence-electron chi connectivity index (χ2n) is 13.2. The highest BCUT2D eigenvalue weighted by Crippen LogP contribution is 2.53. The molecule has 0 spiro atoms. The van der Waals surface area contributed by atoms with Crippen molar-refractivity contribution in [1.82, 2.24) is 10.3 Å². The second kappa shape index (κ2) is 12.4. The summed E-state index contributed by atoms with van der Waals surface area (Å²) >= 11 is 0. The number of methoxy groups -OCH3 is 1. The first-order chi connectivity index (χ1) is 23.4. The lowest BCUT2D eigenvalue weighted by atomic mass is 9.71. The fraction of sp³-hybridized carbons (Fsp3) is 0.529. The fourth-order valence-corrected chi connectivity index (χ4v) is 8.03. The lowest BCUT2D eigenvalue weighted by Crippen LogP contribution is -2.54. The number of morpholine rings is 1. The Labute approximate surface area is 281 Å². The number of ether oxygens (including phenoxy) is 5. The number of hydrazone groups is 1. The zero-order valence-electron chi connectivity index (χ0n) is 27.5. The molecular weight excluding hydrogens is 642 g/mol. The topological polar surface area (TPSA) is 206 Å². The van der Waals surface area contributed by atoms with Crippen LogP contribution in [0.15, 0.2) is 23.3 Å². The van der Waals surface area contributed by atoms with E-state index in [-0.39, 0.29) is 64.6 Å². The zero-order valence-corrected chi connectivity index (χ0v) is 27.5. The van der Waals surface area contributed by atoms with Crippen LogP contribution >= 0.6 is 0 Å². The van der Waals surface area contributed by atoms with Gasteiger partial charge in [0.05, 0.1) is 61.0 Å². The molecular formula is C34H39N3O12. The molecule has 2 aromatic carbocycles. The van der Waals surface area contributed by atoms with E-state index in [2.05, 4.69) is 15.4 Å². The van der Waals surface area contributed by atoms with Crippen LogP contribution < -0.4 is 10.2 Å². The van der Waals surface area contributed by atoms with Crippen LogP contribution in [-0.2, 0) is 30.2 Å². The molecule has 5 N–H and O–H groups in total. The third-order valence-electron chi connectivity index (χ3n) is 10.3. The lowest BCUT2D eigenvalue weighted by molar-refractivity contribution is -0.246. The van der Waals surface area contributed by atoms with Crippen molar-refractivity contribution in [3.05, 3.63) is 51.6 Å². The number of phenolic OH excluding ortho intramolecular Hbond substituents is 2. The quantitative estimate of drug-likeness (QED) is 0.140. The van der Waals surface area contributed by atoms with Gasteiger partial charge in [-0.3, -0.25) is 19.3 Å². The van der Waals surface area contributed by atoms with E-state index in [1.807, 2.05) is 13.8 Å². The van der Waals surface area contributed by atoms with Crippen LogP contribution in [0.25, 0.3) is 0 Å². The van der Waals surface area contributed by atoms with Gasteiger partial charge in [0.25, 0.3) is 0 Å². The van der Waals surface area contributed by atoms with Gasteiger partial charge in [0, 0.05) is 55.5 Å². The molecule has 2 aliphatic carbocycles. The van der Waals surface area contributed by atoms with Gasteiger partial charge in [-0.25, -0.2) is 5.43 Å². The van der Waals surface area contributed by atoms with Gasteiger partial charge >= 0.3 is 0 Å². The molecule has 0 saturated carbocycles. The molecule has 3 aliphatic heterocycles. The number of aliphatic hydroxyl groups excluding tert-OH is 1. The first-order valence-electron chi connectivity index (χ1n) is 16.3. The molecule has 15 heteroatoms. The van der Waals surface area contributed by atoms with Gasteiger partial charge in [0.2, 0.25) is 11.7 Å². The molecule has 262 valence electrons. The Hall–Kier alpha value is -3.96. The Kier molecular flexibility index (Phi) is 8.50. The number of amides is 1. The molecule has 15 nitrogen and oxygen atoms in total. The van der Waals surface area contributed by atoms with Gasteiger partial charge in [-0.15, -0.1) is 0 Å². The van der Waals surface area contributed by atoms with Crippen LogP contribution in [0.2, 0.25) is 0 Å². The number of hydrogen-bond acceptors (Lipinski definition) is 14. The molecule has 0 radical (unpaired) electrons. The minimum Gasteiger partial charge on any atom is -0.507 e. The lowest BCUT2D eigenvalue weighted by Gasteiger charge is -2.44. The summed E-state index contributed by atoms with van der Waals surface area (Å²) in [5.74, 6) is -3.13. The van der Waals surface area contributed by atoms with Gasteiger partial charge in [-0.05, 0) is 19.9 Å². The number of nitrogens with one attached hydrogen (secondary N) is 1. The SMILES string of the molecule is COc1cccc2c1C(=O)c1c(O)c3c(c(O)c1C2=O)C[C@@](O)(/C(CO)=N/NC(C)=O)C[C@@H]3O[C@H]1C[C@H]2[C@H](O[C@@H]3[C@@H](C)OCCN32)[C@H](C)O1. The number of carbonyl (C=O) groups excluding carboxylic acids is 3. The van der Waals surface area contributed by atoms with E-state index in [9.17, 15) is 34.8 Å². The average molecular weight is 682 g/mol. The molecule has 0 aromatic heterocycles. The van der Waals surface area contributed by atoms with Gasteiger partial charge in [0.1, 0.15) is 35.2 Å². The largest absolute Gasteiger partial charge is 0.507 e. The Bertz CT molecular complexity index is 1760. The number of carbonyl (C=O) groups is 3. The van der Waals surface area contributed by atoms with Crippen LogP contribution in [0, 0.1) is 0 Å². The predicted molar refractivity (Wildman–Crippen MR) is 169 cm³/mol. The molecule has 3 heterocycles. The standard InChI is InChI=1S/C34H39N3O12/c1-14-32-19(37-8-9-46-15(2)33(37)49-32)10-23(47-14)48-21-12-34(44,22(13-38)36-35-16(3)39)11-18-25(21)31(43)27-26(29(18)41)28(40)17-6-5-7-20(45-4)24(17)30(27)42/h5-7,14-15,19,21,23,32-33,38,41,43-44H,8-13H2,1-4H3,(H,35,39)/b36-22+/t14-,15+,19-,21-,23-,32+,33+,34-/m0/s1. The monoisotopic (exact) mass is 681 g/mol. The summed E-state index contributed by atoms with van der Waals surface area (Å²) < 4.78 is 30.3. The summed E-state index contributed by atoms with van der Waals surface area (Å²) in [6, 6.07) is 4.37. The molecule has 5 aliphatic rings. The summed E-state index contributed by atoms with van der Waals surface area (Å²) in [5.41, 5.74) is -1.10. The number of nitrogens with zero attached hydrogens (tertiary/aromatic N) is 2. The molecule has 0 unspecified atom stereocenters. The van der Waals surface area contributed by atoms with E-state index in [1.54, 1.807) is 0 Å². The van der Waals surface area contributed by atoms with Crippen LogP contribution in [0.1, 0.15) is 82.7 Å². The minimum absolute atomic E-state index is 0.0174. The van der Waals surface area contributed by atoms with Gasteiger partial charge in [0.15, 0.2) is 12.1 Å². The number of hydrogen-bond donors (Lipinski definition) is 5. The van der Waals surface area contributed by atoms with E-state index in [1.165, 1.54) is 32.2 Å². The van der Waals surface area contributed by atoms with E-state index >= 15 is 0 Å². The van der Waals surface area contributed by atoms with E-state index < -0.39 is 77.2 Å². The van der Waals surface area contributed by atoms with Crippen LogP contribution in [0.5, 0.6) is 17.2 Å². The molecule has 3 fully saturated rings. The summed E-state index contributed by atoms with van der Waals surface area (Å²) in [4.78, 5) is 41.8. The van der Waals surface area contributed by atoms with Gasteiger partial charge in [-0.1, -0.05) is 12.1 Å². The maximum atomic E-state index is 14.0. The number of ketones is 2. The van der Waals surface area contributed by atoms with Crippen molar-refractivity contribution in [1.29, 1.82) is 0 Å². The van der Waals surface area contributed by atoms with Crippen LogP contribution in [0.3, 0.4) is 0 Å². The molecule has 7 rings (SSSR count). The predicted octanol–water partition coefficient (Wildman–Crippen LogP) is 1.05. The number of benzene rings is 2. The Morgan fingerprint density at radius 3 is 2.57 bits per heavy atom. The number of phenols is 2. The Morgan fingerprint density at radius 2 is 1.86 bits per heavy atom. The zero-order chi connectivity index (χ0) is 34.9. The highest BCUT2D eigenvalue weighted by Gasteiger charge is 2.54. The maximum Gasteiger partial charge on any atom is 0.236 e. The Balaban J connectivity index is 1.33. The third kappa shape index (κ3) is 5.31. The molecule has 0 bridgehead atoms. The first-order valence-corrected chi connectivity index (χ1v) is 16.3. The minimum atomic E-state index is -2.04. The van der Waals surface area contributed by atoms with Crippen molar-refractivity contribution in [3.8, 4) is 17.2 Å². The smallest absolute Gasteiger partial charge is 0.236 e. The van der Waals surface area contributed by atoms with Crippen molar-refractivity contribution >= 4 is 23.2 Å². The summed E-state index contributed by atoms with van der Waals surface area (Å²) in [6.45, 7) is 5.41. The van der Waals surface area contributed by atoms with E-state index in [0.717, 1.165) is 0 Å². The van der Waals surface area contributed by atoms with Crippen LogP contribution in [0.4, 0.5) is 0 Å². The average Bonchev–Trinajstić information content (AvgIpc) is 3.45. The van der Waals surface area contributed by atoms with E-state index in [0.29, 0.717) is 19.6 Å². The molecule has 2 aromatic rings. The molecule has 8 atom stereocenters. The second-order valence-corrected chi connectivity index (χ2v) is 13.2. The summed E-state index contributed by atoms with van der Waals surface area (Å²) in [7, 11) is 1.35. The number of rotatable bonds is 6. The molecule has 49 heavy (non-hydrogen) atoms. The van der Waals surface area contributed by atoms with Crippen molar-refractivity contribution in [2.75, 3.05) is 26.9 Å². The van der Waals surface area contributed by atoms with Gasteiger partial charge in [-0.2, -0.15) is 5.10 Å². The summed E-state index contributed by atoms with van der Waals surface area (Å²) in [6.07, 6.45) is -3.70. The number of aliphatic hydroxyl groups is 2. The third-order valence-corrected chi connectivity index (χ3v) is 10.3. The molecule has 1 amide bonds. The summed E-state index contributed by atoms with van der Waals surface area (Å²) in [5, 5.41) is 50.0. The fourth-order valence-electron chi connectivity index (χ4n) is 8.03. The van der Waals surface area contributed by atoms with Crippen LogP contribution in [-0.4, -0.2) is 118 Å². The molecule has 3 saturated heterocycles. The van der Waals surface area contributed by atoms with Crippen molar-refractivity contribution in [2.45, 2.75) is 88.6 Å². The van der Waals surface area contributed by atoms with Crippen molar-refractivity contribution < 1.29 is 58.5 Å². The maximum absolute atomic E-state index is 14.0. The number of aromatic hydroxyl groups is 2. The van der Waals surface area contributed by atoms with Crippen molar-refractivity contribution in [2.24, 2.45) is 5.10 Å². The Morgan fingerprint density at radius 1 is 1.10 bits per heavy atom. The highest BCUT2D eigenvalue weighted by atomic mass is 16.7. The number of fused-ring (bicyclic) bond motifs is 6.